The summed E-state index contributed by atoms with van der Waals surface area (Å²) in [6, 6.07) is -0.714. The summed E-state index contributed by atoms with van der Waals surface area (Å²) >= 11 is 0. The summed E-state index contributed by atoms with van der Waals surface area (Å²) in [5, 5.41) is 6.37. The fourth-order valence-corrected chi connectivity index (χ4v) is 0.505. The number of hydrogen-bond donors (Lipinski definition) is 1. The average molecular weight is 185 g/mol. The molecule has 0 heterocycles. The summed E-state index contributed by atoms with van der Waals surface area (Å²) in [7, 11) is 0. The lowest BCUT2D eigenvalue weighted by molar-refractivity contribution is 0.150. The van der Waals surface area contributed by atoms with Crippen molar-refractivity contribution in [1.29, 1.82) is 0 Å². The van der Waals surface area contributed by atoms with E-state index >= 15 is 0 Å². The van der Waals surface area contributed by atoms with E-state index in [1.165, 1.54) is 0 Å². The van der Waals surface area contributed by atoms with E-state index in [2.05, 4.69) is 30.5 Å². The van der Waals surface area contributed by atoms with Gasteiger partial charge in [0.2, 0.25) is 0 Å². The van der Waals surface area contributed by atoms with Gasteiger partial charge in [0.25, 0.3) is 0 Å². The lowest BCUT2D eigenvalue weighted by atomic mass is 10.3. The Morgan fingerprint density at radius 1 is 1.54 bits per heavy atom. The monoisotopic (exact) mass is 185 g/mol. The molecular weight excluding hydrogens is 178 g/mol. The molecular formula is C4H7N7O2. The molecule has 1 atom stereocenters. The van der Waals surface area contributed by atoms with Crippen LogP contribution in [0.15, 0.2) is 10.2 Å². The van der Waals surface area contributed by atoms with Gasteiger partial charge in [0, 0.05) is 16.4 Å². The van der Waals surface area contributed by atoms with Crippen LogP contribution in [0.3, 0.4) is 0 Å². The second kappa shape index (κ2) is 6.59. The number of hydrogen-bond acceptors (Lipinski definition) is 4. The fourth-order valence-electron chi connectivity index (χ4n) is 0.505. The van der Waals surface area contributed by atoms with Crippen LogP contribution >= 0.6 is 0 Å². The second-order valence-corrected chi connectivity index (χ2v) is 1.90. The van der Waals surface area contributed by atoms with Gasteiger partial charge in [-0.3, -0.25) is 0 Å². The smallest absolute Gasteiger partial charge is 0.404 e. The number of carbonyl (C=O) groups is 1. The Bertz CT molecular complexity index is 264. The minimum Gasteiger partial charge on any atom is -0.449 e. The van der Waals surface area contributed by atoms with Gasteiger partial charge in [-0.25, -0.2) is 4.79 Å². The van der Waals surface area contributed by atoms with Crippen molar-refractivity contribution in [3.8, 4) is 0 Å². The molecule has 0 aliphatic rings. The summed E-state index contributed by atoms with van der Waals surface area (Å²) in [4.78, 5) is 15.1. The molecule has 9 heteroatoms. The normalized spacial score (nSPS) is 10.5. The molecule has 0 saturated heterocycles. The quantitative estimate of drug-likeness (QED) is 0.387. The molecule has 0 radical (unpaired) electrons. The van der Waals surface area contributed by atoms with Crippen LogP contribution in [0, 0.1) is 0 Å². The highest BCUT2D eigenvalue weighted by Crippen LogP contribution is 1.94. The zero-order chi connectivity index (χ0) is 10.1. The average Bonchev–Trinajstić information content (AvgIpc) is 2.09. The lowest BCUT2D eigenvalue weighted by Crippen LogP contribution is -2.22. The fraction of sp³-hybridized carbons (Fsp3) is 0.750. The molecule has 0 aromatic rings. The maximum Gasteiger partial charge on any atom is 0.404 e. The molecule has 70 valence electrons. The first kappa shape index (κ1) is 10.9. The van der Waals surface area contributed by atoms with E-state index in [1.807, 2.05) is 0 Å². The zero-order valence-corrected chi connectivity index (χ0v) is 6.57. The first-order valence-corrected chi connectivity index (χ1v) is 3.18. The Morgan fingerprint density at radius 3 is 2.69 bits per heavy atom. The van der Waals surface area contributed by atoms with Crippen LogP contribution in [-0.4, -0.2) is 25.3 Å². The zero-order valence-electron chi connectivity index (χ0n) is 6.57. The van der Waals surface area contributed by atoms with E-state index in [9.17, 15) is 4.79 Å². The molecule has 0 fully saturated rings. The van der Waals surface area contributed by atoms with E-state index < -0.39 is 12.1 Å². The van der Waals surface area contributed by atoms with Crippen molar-refractivity contribution in [3.05, 3.63) is 20.9 Å². The second-order valence-electron chi connectivity index (χ2n) is 1.90. The predicted octanol–water partition coefficient (Wildman–Crippen LogP) is 1.07. The van der Waals surface area contributed by atoms with E-state index in [4.69, 9.17) is 11.1 Å². The Balaban J connectivity index is 4.00. The predicted molar refractivity (Wildman–Crippen MR) is 42.5 cm³/mol. The summed E-state index contributed by atoms with van der Waals surface area (Å²) in [6.45, 7) is -0.272. The largest absolute Gasteiger partial charge is 0.449 e. The molecule has 2 N–H and O–H groups in total. The molecule has 0 saturated carbocycles. The maximum absolute atomic E-state index is 10.1. The molecule has 9 nitrogen and oxygen atoms in total. The van der Waals surface area contributed by atoms with Gasteiger partial charge in [-0.05, 0) is 11.1 Å². The van der Waals surface area contributed by atoms with E-state index in [-0.39, 0.29) is 13.2 Å². The van der Waals surface area contributed by atoms with Crippen molar-refractivity contribution in [3.63, 3.8) is 0 Å². The number of nitrogens with two attached hydrogens (primary N) is 1. The topological polar surface area (TPSA) is 150 Å². The Kier molecular flexibility index (Phi) is 5.52. The standard InChI is InChI=1S/C4H7N7O2/c5-4(12)13-2-3(9-11-7)1-8-10-6/h3H,1-2H2,(H2,5,12). The van der Waals surface area contributed by atoms with Crippen molar-refractivity contribution >= 4 is 6.09 Å². The van der Waals surface area contributed by atoms with Gasteiger partial charge in [-0.15, -0.1) is 0 Å². The first-order chi connectivity index (χ1) is 6.20. The number of nitrogens with zero attached hydrogens (tertiary/aromatic N) is 6. The molecule has 13 heavy (non-hydrogen) atoms. The van der Waals surface area contributed by atoms with Crippen LogP contribution in [0.5, 0.6) is 0 Å². The molecule has 0 bridgehead atoms. The van der Waals surface area contributed by atoms with Crippen molar-refractivity contribution < 1.29 is 9.53 Å². The van der Waals surface area contributed by atoms with Crippen molar-refractivity contribution in [2.75, 3.05) is 13.2 Å². The highest BCUT2D eigenvalue weighted by atomic mass is 16.5. The van der Waals surface area contributed by atoms with Crippen molar-refractivity contribution in [2.45, 2.75) is 6.04 Å². The van der Waals surface area contributed by atoms with Crippen LogP contribution in [0.2, 0.25) is 0 Å². The van der Waals surface area contributed by atoms with Crippen LogP contribution in [0.25, 0.3) is 20.9 Å². The Labute approximate surface area is 72.7 Å². The van der Waals surface area contributed by atoms with Gasteiger partial charge in [-0.2, -0.15) is 0 Å². The molecule has 0 rings (SSSR count). The highest BCUT2D eigenvalue weighted by Gasteiger charge is 2.06. The summed E-state index contributed by atoms with van der Waals surface area (Å²) in [5.74, 6) is 0. The molecule has 0 aromatic carbocycles. The Hall–Kier alpha value is -2.11. The molecule has 0 spiro atoms. The van der Waals surface area contributed by atoms with Crippen molar-refractivity contribution in [1.82, 2.24) is 0 Å². The summed E-state index contributed by atoms with van der Waals surface area (Å²) in [6.07, 6.45) is -0.973. The number of ether oxygens (including phenoxy) is 1. The molecule has 0 aliphatic heterocycles. The molecule has 1 amide bonds. The number of amides is 1. The van der Waals surface area contributed by atoms with Gasteiger partial charge in [-0.1, -0.05) is 10.2 Å². The van der Waals surface area contributed by atoms with Crippen molar-refractivity contribution in [2.24, 2.45) is 16.0 Å². The van der Waals surface area contributed by atoms with Gasteiger partial charge in [0.15, 0.2) is 0 Å². The highest BCUT2D eigenvalue weighted by molar-refractivity contribution is 5.64. The molecule has 0 aliphatic carbocycles. The minimum absolute atomic E-state index is 0.0756. The summed E-state index contributed by atoms with van der Waals surface area (Å²) < 4.78 is 4.34. The molecule has 0 aromatic heterocycles. The van der Waals surface area contributed by atoms with Crippen LogP contribution in [0.4, 0.5) is 4.79 Å². The van der Waals surface area contributed by atoms with Gasteiger partial charge >= 0.3 is 6.09 Å². The van der Waals surface area contributed by atoms with Crippen LogP contribution < -0.4 is 5.73 Å². The number of azide groups is 2. The van der Waals surface area contributed by atoms with Gasteiger partial charge in [0.05, 0.1) is 6.04 Å². The third-order valence-corrected chi connectivity index (χ3v) is 0.989. The number of carbonyl (C=O) groups excluding carboxylic acids is 1. The van der Waals surface area contributed by atoms with Crippen LogP contribution in [0.1, 0.15) is 0 Å². The third-order valence-electron chi connectivity index (χ3n) is 0.989. The number of primary amides is 1. The van der Waals surface area contributed by atoms with Crippen LogP contribution in [-0.2, 0) is 4.74 Å². The van der Waals surface area contributed by atoms with E-state index in [0.717, 1.165) is 0 Å². The summed E-state index contributed by atoms with van der Waals surface area (Å²) in [5.41, 5.74) is 20.7. The minimum atomic E-state index is -0.973. The molecule has 1 unspecified atom stereocenters. The Morgan fingerprint density at radius 2 is 2.23 bits per heavy atom. The first-order valence-electron chi connectivity index (χ1n) is 3.18. The van der Waals surface area contributed by atoms with E-state index in [1.54, 1.807) is 0 Å². The van der Waals surface area contributed by atoms with Gasteiger partial charge in [0.1, 0.15) is 6.61 Å². The third kappa shape index (κ3) is 6.29. The number of rotatable bonds is 5. The SMILES string of the molecule is [N-]=[N+]=NCC(COC(N)=O)N=[N+]=[N-]. The lowest BCUT2D eigenvalue weighted by Gasteiger charge is -2.05. The van der Waals surface area contributed by atoms with Gasteiger partial charge < -0.3 is 10.5 Å². The van der Waals surface area contributed by atoms with E-state index in [0.29, 0.717) is 0 Å². The maximum atomic E-state index is 10.1.